The zero-order valence-electron chi connectivity index (χ0n) is 11.8. The van der Waals surface area contributed by atoms with E-state index in [9.17, 15) is 13.2 Å². The number of esters is 1. The Morgan fingerprint density at radius 1 is 1.25 bits per heavy atom. The first-order valence-electron chi connectivity index (χ1n) is 6.16. The molecule has 0 atom stereocenters. The van der Waals surface area contributed by atoms with Crippen molar-refractivity contribution in [2.45, 2.75) is 6.92 Å². The Morgan fingerprint density at radius 3 is 2.35 bits per heavy atom. The Bertz CT molecular complexity index is 538. The van der Waals surface area contributed by atoms with Crippen molar-refractivity contribution >= 4 is 21.8 Å². The summed E-state index contributed by atoms with van der Waals surface area (Å²) < 4.78 is 31.2. The predicted octanol–water partition coefficient (Wildman–Crippen LogP) is 1.28. The van der Waals surface area contributed by atoms with Gasteiger partial charge in [-0.15, -0.1) is 0 Å². The molecule has 0 aliphatic carbocycles. The highest BCUT2D eigenvalue weighted by atomic mass is 32.2. The third-order valence-electron chi connectivity index (χ3n) is 2.54. The maximum Gasteiger partial charge on any atom is 0.338 e. The van der Waals surface area contributed by atoms with Gasteiger partial charge in [-0.05, 0) is 31.2 Å². The molecule has 1 aromatic carbocycles. The fourth-order valence-corrected chi connectivity index (χ4v) is 1.90. The van der Waals surface area contributed by atoms with Crippen molar-refractivity contribution in [3.63, 3.8) is 0 Å². The summed E-state index contributed by atoms with van der Waals surface area (Å²) in [5.74, 6) is -0.359. The molecule has 0 fully saturated rings. The molecule has 20 heavy (non-hydrogen) atoms. The number of ether oxygens (including phenoxy) is 1. The lowest BCUT2D eigenvalue weighted by atomic mass is 10.2. The largest absolute Gasteiger partial charge is 0.462 e. The molecule has 0 unspecified atom stereocenters. The first-order valence-corrected chi connectivity index (χ1v) is 7.98. The van der Waals surface area contributed by atoms with Crippen molar-refractivity contribution in [3.8, 4) is 0 Å². The lowest BCUT2D eigenvalue weighted by molar-refractivity contribution is 0.0526. The van der Waals surface area contributed by atoms with Gasteiger partial charge in [-0.25, -0.2) is 4.79 Å². The van der Waals surface area contributed by atoms with E-state index in [2.05, 4.69) is 4.18 Å². The van der Waals surface area contributed by atoms with Crippen molar-refractivity contribution in [1.29, 1.82) is 0 Å². The Labute approximate surface area is 119 Å². The van der Waals surface area contributed by atoms with Crippen LogP contribution in [0.3, 0.4) is 0 Å². The quantitative estimate of drug-likeness (QED) is 0.558. The van der Waals surface area contributed by atoms with Crippen LogP contribution in [0.25, 0.3) is 0 Å². The molecule has 0 heterocycles. The summed E-state index contributed by atoms with van der Waals surface area (Å²) in [5, 5.41) is 0. The molecule has 7 heteroatoms. The Morgan fingerprint density at radius 2 is 1.85 bits per heavy atom. The molecular weight excluding hydrogens is 282 g/mol. The normalized spacial score (nSPS) is 11.2. The van der Waals surface area contributed by atoms with Crippen LogP contribution >= 0.6 is 0 Å². The second kappa shape index (κ2) is 7.25. The lowest BCUT2D eigenvalue weighted by Crippen LogP contribution is -2.23. The highest BCUT2D eigenvalue weighted by Crippen LogP contribution is 2.14. The number of carbonyl (C=O) groups excluding carboxylic acids is 1. The molecule has 112 valence electrons. The molecule has 0 N–H and O–H groups in total. The van der Waals surface area contributed by atoms with Gasteiger partial charge in [0, 0.05) is 19.3 Å². The van der Waals surface area contributed by atoms with Crippen LogP contribution in [0.2, 0.25) is 0 Å². The van der Waals surface area contributed by atoms with Crippen LogP contribution in [0.15, 0.2) is 24.3 Å². The maximum atomic E-state index is 11.5. The van der Waals surface area contributed by atoms with Gasteiger partial charge in [-0.3, -0.25) is 4.18 Å². The molecule has 0 spiro atoms. The molecule has 0 saturated heterocycles. The minimum absolute atomic E-state index is 0.0783. The van der Waals surface area contributed by atoms with Gasteiger partial charge in [0.25, 0.3) is 10.1 Å². The number of hydrogen-bond acceptors (Lipinski definition) is 6. The van der Waals surface area contributed by atoms with Crippen molar-refractivity contribution in [2.75, 3.05) is 38.0 Å². The second-order valence-electron chi connectivity index (χ2n) is 4.21. The van der Waals surface area contributed by atoms with E-state index in [1.165, 1.54) is 0 Å². The number of benzene rings is 1. The summed E-state index contributed by atoms with van der Waals surface area (Å²) >= 11 is 0. The number of likely N-dealkylation sites (N-methyl/N-ethyl adjacent to an activating group) is 1. The van der Waals surface area contributed by atoms with Crippen LogP contribution < -0.4 is 4.90 Å². The molecule has 1 rings (SSSR count). The number of rotatable bonds is 7. The first-order chi connectivity index (χ1) is 9.33. The number of nitrogens with zero attached hydrogens (tertiary/aromatic N) is 1. The van der Waals surface area contributed by atoms with Crippen molar-refractivity contribution in [2.24, 2.45) is 0 Å². The number of anilines is 1. The Hall–Kier alpha value is -1.60. The van der Waals surface area contributed by atoms with Crippen LogP contribution in [-0.2, 0) is 19.0 Å². The SMILES string of the molecule is CCOC(=O)c1ccc(N(C)CCOS(C)(=O)=O)cc1. The zero-order valence-corrected chi connectivity index (χ0v) is 12.6. The molecule has 0 aliphatic rings. The van der Waals surface area contributed by atoms with Gasteiger partial charge in [0.15, 0.2) is 0 Å². The fraction of sp³-hybridized carbons (Fsp3) is 0.462. The van der Waals surface area contributed by atoms with Gasteiger partial charge in [0.1, 0.15) is 0 Å². The molecule has 0 aliphatic heterocycles. The first kappa shape index (κ1) is 16.5. The van der Waals surface area contributed by atoms with Gasteiger partial charge in [-0.1, -0.05) is 0 Å². The minimum atomic E-state index is -3.41. The zero-order chi connectivity index (χ0) is 15.2. The second-order valence-corrected chi connectivity index (χ2v) is 5.86. The van der Waals surface area contributed by atoms with Gasteiger partial charge >= 0.3 is 5.97 Å². The summed E-state index contributed by atoms with van der Waals surface area (Å²) in [6.07, 6.45) is 1.02. The topological polar surface area (TPSA) is 72.9 Å². The van der Waals surface area contributed by atoms with Crippen LogP contribution in [0, 0.1) is 0 Å². The number of hydrogen-bond donors (Lipinski definition) is 0. The maximum absolute atomic E-state index is 11.5. The Balaban J connectivity index is 2.57. The Kier molecular flexibility index (Phi) is 5.97. The van der Waals surface area contributed by atoms with Gasteiger partial charge in [0.2, 0.25) is 0 Å². The van der Waals surface area contributed by atoms with Crippen LogP contribution in [0.4, 0.5) is 5.69 Å². The summed E-state index contributed by atoms with van der Waals surface area (Å²) in [4.78, 5) is 13.3. The van der Waals surface area contributed by atoms with E-state index < -0.39 is 10.1 Å². The third kappa shape index (κ3) is 5.58. The van der Waals surface area contributed by atoms with E-state index >= 15 is 0 Å². The van der Waals surface area contributed by atoms with Gasteiger partial charge in [-0.2, -0.15) is 8.42 Å². The van der Waals surface area contributed by atoms with Gasteiger partial charge < -0.3 is 9.64 Å². The highest BCUT2D eigenvalue weighted by molar-refractivity contribution is 7.85. The average molecular weight is 301 g/mol. The molecule has 1 aromatic rings. The minimum Gasteiger partial charge on any atom is -0.462 e. The van der Waals surface area contributed by atoms with Crippen molar-refractivity contribution < 1.29 is 22.1 Å². The molecular formula is C13H19NO5S. The molecule has 0 radical (unpaired) electrons. The van der Waals surface area contributed by atoms with E-state index in [1.54, 1.807) is 31.2 Å². The van der Waals surface area contributed by atoms with E-state index in [0.29, 0.717) is 18.7 Å². The van der Waals surface area contributed by atoms with E-state index in [4.69, 9.17) is 4.74 Å². The summed E-state index contributed by atoms with van der Waals surface area (Å²) in [6.45, 7) is 2.59. The molecule has 0 bridgehead atoms. The van der Waals surface area contributed by atoms with E-state index in [1.807, 2.05) is 11.9 Å². The lowest BCUT2D eigenvalue weighted by Gasteiger charge is -2.19. The predicted molar refractivity (Wildman–Crippen MR) is 76.5 cm³/mol. The summed E-state index contributed by atoms with van der Waals surface area (Å²) in [6, 6.07) is 6.88. The van der Waals surface area contributed by atoms with Crippen molar-refractivity contribution in [3.05, 3.63) is 29.8 Å². The standard InChI is InChI=1S/C13H19NO5S/c1-4-18-13(15)11-5-7-12(8-6-11)14(2)9-10-19-20(3,16)17/h5-8H,4,9-10H2,1-3H3. The smallest absolute Gasteiger partial charge is 0.338 e. The van der Waals surface area contributed by atoms with E-state index in [0.717, 1.165) is 11.9 Å². The summed E-state index contributed by atoms with van der Waals surface area (Å²) in [7, 11) is -1.60. The molecule has 0 saturated carbocycles. The molecule has 6 nitrogen and oxygen atoms in total. The van der Waals surface area contributed by atoms with Gasteiger partial charge in [0.05, 0.1) is 25.0 Å². The monoisotopic (exact) mass is 301 g/mol. The van der Waals surface area contributed by atoms with Crippen LogP contribution in [-0.4, -0.2) is 47.4 Å². The average Bonchev–Trinajstić information content (AvgIpc) is 2.37. The van der Waals surface area contributed by atoms with Crippen LogP contribution in [0.5, 0.6) is 0 Å². The molecule has 0 amide bonds. The fourth-order valence-electron chi connectivity index (χ4n) is 1.52. The highest BCUT2D eigenvalue weighted by Gasteiger charge is 2.08. The number of carbonyl (C=O) groups is 1. The van der Waals surface area contributed by atoms with Crippen LogP contribution in [0.1, 0.15) is 17.3 Å². The third-order valence-corrected chi connectivity index (χ3v) is 3.14. The molecule has 0 aromatic heterocycles. The van der Waals surface area contributed by atoms with E-state index in [-0.39, 0.29) is 12.6 Å². The van der Waals surface area contributed by atoms with Crippen molar-refractivity contribution in [1.82, 2.24) is 0 Å². The summed E-state index contributed by atoms with van der Waals surface area (Å²) in [5.41, 5.74) is 1.34.